The Morgan fingerprint density at radius 2 is 1.65 bits per heavy atom. The van der Waals surface area contributed by atoms with E-state index in [1.165, 1.54) is 12.1 Å². The van der Waals surface area contributed by atoms with Crippen LogP contribution in [0.25, 0.3) is 0 Å². The number of hydrogen-bond donors (Lipinski definition) is 1. The zero-order valence-electron chi connectivity index (χ0n) is 15.4. The first-order valence-corrected chi connectivity index (χ1v) is 9.24. The number of piperazine rings is 1. The van der Waals surface area contributed by atoms with Crippen molar-refractivity contribution in [2.45, 2.75) is 20.3 Å². The summed E-state index contributed by atoms with van der Waals surface area (Å²) in [5.74, 6) is -0.151. The second kappa shape index (κ2) is 8.21. The van der Waals surface area contributed by atoms with E-state index < -0.39 is 0 Å². The van der Waals surface area contributed by atoms with Gasteiger partial charge in [0.2, 0.25) is 5.91 Å². The molecule has 4 nitrogen and oxygen atoms in total. The number of carbonyl (C=O) groups excluding carboxylic acids is 1. The van der Waals surface area contributed by atoms with E-state index in [-0.39, 0.29) is 17.6 Å². The van der Waals surface area contributed by atoms with Gasteiger partial charge in [-0.1, -0.05) is 26.0 Å². The van der Waals surface area contributed by atoms with Crippen LogP contribution in [-0.4, -0.2) is 32.1 Å². The highest BCUT2D eigenvalue weighted by molar-refractivity contribution is 5.95. The Hall–Kier alpha value is -2.56. The minimum absolute atomic E-state index is 0.00150. The Balaban J connectivity index is 1.67. The van der Waals surface area contributed by atoms with Crippen LogP contribution in [0.2, 0.25) is 0 Å². The molecule has 3 rings (SSSR count). The van der Waals surface area contributed by atoms with Crippen LogP contribution >= 0.6 is 0 Å². The maximum Gasteiger partial charge on any atom is 0.227 e. The van der Waals surface area contributed by atoms with Gasteiger partial charge in [0.1, 0.15) is 5.82 Å². The van der Waals surface area contributed by atoms with Crippen molar-refractivity contribution in [1.29, 1.82) is 0 Å². The molecule has 5 heteroatoms. The molecule has 0 radical (unpaired) electrons. The Kier molecular flexibility index (Phi) is 5.76. The predicted molar refractivity (Wildman–Crippen MR) is 105 cm³/mol. The van der Waals surface area contributed by atoms with Gasteiger partial charge in [-0.2, -0.15) is 0 Å². The largest absolute Gasteiger partial charge is 0.368 e. The topological polar surface area (TPSA) is 35.6 Å². The van der Waals surface area contributed by atoms with Crippen molar-refractivity contribution in [1.82, 2.24) is 0 Å². The first kappa shape index (κ1) is 18.2. The van der Waals surface area contributed by atoms with Crippen LogP contribution in [0.3, 0.4) is 0 Å². The number of halogens is 1. The van der Waals surface area contributed by atoms with Crippen molar-refractivity contribution in [3.05, 3.63) is 54.3 Å². The van der Waals surface area contributed by atoms with Gasteiger partial charge >= 0.3 is 0 Å². The summed E-state index contributed by atoms with van der Waals surface area (Å²) in [4.78, 5) is 16.8. The lowest BCUT2D eigenvalue weighted by Gasteiger charge is -2.38. The van der Waals surface area contributed by atoms with Crippen molar-refractivity contribution in [3.63, 3.8) is 0 Å². The SMILES string of the molecule is CC[C@H](C)C(=O)Nc1ccccc1N1CCN(c2ccc(F)cc2)CC1. The Bertz CT molecular complexity index is 739. The van der Waals surface area contributed by atoms with E-state index in [1.54, 1.807) is 0 Å². The van der Waals surface area contributed by atoms with Crippen LogP contribution in [0.1, 0.15) is 20.3 Å². The summed E-state index contributed by atoms with van der Waals surface area (Å²) in [6.07, 6.45) is 0.824. The number of anilines is 3. The Morgan fingerprint density at radius 1 is 1.04 bits per heavy atom. The van der Waals surface area contributed by atoms with Gasteiger partial charge in [-0.15, -0.1) is 0 Å². The summed E-state index contributed by atoms with van der Waals surface area (Å²) in [5, 5.41) is 3.07. The monoisotopic (exact) mass is 355 g/mol. The predicted octanol–water partition coefficient (Wildman–Crippen LogP) is 4.14. The summed E-state index contributed by atoms with van der Waals surface area (Å²) in [6, 6.07) is 14.6. The van der Waals surface area contributed by atoms with Crippen LogP contribution in [0.4, 0.5) is 21.5 Å². The molecular formula is C21H26FN3O. The highest BCUT2D eigenvalue weighted by Gasteiger charge is 2.20. The molecule has 1 atom stereocenters. The van der Waals surface area contributed by atoms with Gasteiger partial charge in [0, 0.05) is 37.8 Å². The van der Waals surface area contributed by atoms with Crippen LogP contribution in [0, 0.1) is 11.7 Å². The molecule has 1 aliphatic heterocycles. The van der Waals surface area contributed by atoms with E-state index in [1.807, 2.05) is 44.2 Å². The van der Waals surface area contributed by atoms with Crippen molar-refractivity contribution >= 4 is 23.0 Å². The summed E-state index contributed by atoms with van der Waals surface area (Å²) < 4.78 is 13.1. The summed E-state index contributed by atoms with van der Waals surface area (Å²) in [7, 11) is 0. The Labute approximate surface area is 154 Å². The molecule has 0 saturated carbocycles. The summed E-state index contributed by atoms with van der Waals surface area (Å²) in [6.45, 7) is 7.39. The lowest BCUT2D eigenvalue weighted by atomic mass is 10.1. The molecule has 0 bridgehead atoms. The van der Waals surface area contributed by atoms with E-state index in [9.17, 15) is 9.18 Å². The van der Waals surface area contributed by atoms with Crippen molar-refractivity contribution in [2.75, 3.05) is 41.3 Å². The minimum atomic E-state index is -0.210. The molecule has 1 aliphatic rings. The van der Waals surface area contributed by atoms with Crippen LogP contribution in [0.15, 0.2) is 48.5 Å². The van der Waals surface area contributed by atoms with Crippen molar-refractivity contribution in [3.8, 4) is 0 Å². The molecule has 26 heavy (non-hydrogen) atoms. The number of para-hydroxylation sites is 2. The maximum atomic E-state index is 13.1. The van der Waals surface area contributed by atoms with Gasteiger partial charge in [-0.05, 0) is 42.8 Å². The minimum Gasteiger partial charge on any atom is -0.368 e. The molecule has 1 N–H and O–H groups in total. The molecule has 1 heterocycles. The van der Waals surface area contributed by atoms with Gasteiger partial charge in [-0.25, -0.2) is 4.39 Å². The number of carbonyl (C=O) groups is 1. The lowest BCUT2D eigenvalue weighted by molar-refractivity contribution is -0.119. The quantitative estimate of drug-likeness (QED) is 0.876. The zero-order valence-corrected chi connectivity index (χ0v) is 15.4. The fourth-order valence-electron chi connectivity index (χ4n) is 3.15. The molecule has 0 aliphatic carbocycles. The highest BCUT2D eigenvalue weighted by atomic mass is 19.1. The smallest absolute Gasteiger partial charge is 0.227 e. The molecule has 0 spiro atoms. The average molecular weight is 355 g/mol. The third-order valence-electron chi connectivity index (χ3n) is 5.03. The first-order chi connectivity index (χ1) is 12.6. The summed E-state index contributed by atoms with van der Waals surface area (Å²) in [5.41, 5.74) is 2.97. The van der Waals surface area contributed by atoms with Gasteiger partial charge < -0.3 is 15.1 Å². The van der Waals surface area contributed by atoms with Gasteiger partial charge in [0.05, 0.1) is 11.4 Å². The van der Waals surface area contributed by atoms with Crippen LogP contribution < -0.4 is 15.1 Å². The fourth-order valence-corrected chi connectivity index (χ4v) is 3.15. The second-order valence-electron chi connectivity index (χ2n) is 6.77. The standard InChI is InChI=1S/C21H26FN3O/c1-3-16(2)21(26)23-19-6-4-5-7-20(19)25-14-12-24(13-15-25)18-10-8-17(22)9-11-18/h4-11,16H,3,12-15H2,1-2H3,(H,23,26)/t16-/m0/s1. The molecule has 1 amide bonds. The van der Waals surface area contributed by atoms with Crippen LogP contribution in [-0.2, 0) is 4.79 Å². The lowest BCUT2D eigenvalue weighted by Crippen LogP contribution is -2.46. The number of benzene rings is 2. The molecule has 1 fully saturated rings. The molecule has 2 aromatic rings. The average Bonchev–Trinajstić information content (AvgIpc) is 2.68. The second-order valence-corrected chi connectivity index (χ2v) is 6.77. The zero-order chi connectivity index (χ0) is 18.5. The van der Waals surface area contributed by atoms with E-state index in [2.05, 4.69) is 21.2 Å². The molecule has 138 valence electrons. The van der Waals surface area contributed by atoms with E-state index in [0.717, 1.165) is 49.7 Å². The third kappa shape index (κ3) is 4.15. The molecule has 0 aromatic heterocycles. The van der Waals surface area contributed by atoms with Gasteiger partial charge in [-0.3, -0.25) is 4.79 Å². The van der Waals surface area contributed by atoms with Crippen molar-refractivity contribution in [2.24, 2.45) is 5.92 Å². The van der Waals surface area contributed by atoms with Gasteiger partial charge in [0.15, 0.2) is 0 Å². The third-order valence-corrected chi connectivity index (χ3v) is 5.03. The normalized spacial score (nSPS) is 15.7. The van der Waals surface area contributed by atoms with Gasteiger partial charge in [0.25, 0.3) is 0 Å². The number of nitrogens with one attached hydrogen (secondary N) is 1. The maximum absolute atomic E-state index is 13.1. The molecule has 0 unspecified atom stereocenters. The number of amides is 1. The van der Waals surface area contributed by atoms with E-state index in [0.29, 0.717) is 0 Å². The molecule has 2 aromatic carbocycles. The number of hydrogen-bond acceptors (Lipinski definition) is 3. The summed E-state index contributed by atoms with van der Waals surface area (Å²) >= 11 is 0. The number of rotatable bonds is 5. The van der Waals surface area contributed by atoms with E-state index >= 15 is 0 Å². The first-order valence-electron chi connectivity index (χ1n) is 9.24. The fraction of sp³-hybridized carbons (Fsp3) is 0.381. The van der Waals surface area contributed by atoms with E-state index in [4.69, 9.17) is 0 Å². The molecular weight excluding hydrogens is 329 g/mol. The Morgan fingerprint density at radius 3 is 2.31 bits per heavy atom. The molecule has 1 saturated heterocycles. The number of nitrogens with zero attached hydrogens (tertiary/aromatic N) is 2. The van der Waals surface area contributed by atoms with Crippen molar-refractivity contribution < 1.29 is 9.18 Å². The van der Waals surface area contributed by atoms with Crippen LogP contribution in [0.5, 0.6) is 0 Å². The highest BCUT2D eigenvalue weighted by Crippen LogP contribution is 2.28.